The molecule has 0 saturated heterocycles. The van der Waals surface area contributed by atoms with E-state index in [0.717, 1.165) is 22.6 Å². The molecule has 0 aliphatic rings. The molecule has 4 N–H and O–H groups in total. The molecule has 0 aliphatic heterocycles. The standard InChI is InChI=1S/C14H21N3OS2/c1-4-8-16-14(18)9(2)17-10-6-5-7-11(20-3)12(10)13(15)19/h5-7,9,17H,4,8H2,1-3H3,(H2,15,19)(H,16,18). The number of hydrogen-bond acceptors (Lipinski definition) is 4. The minimum atomic E-state index is -0.341. The van der Waals surface area contributed by atoms with Crippen LogP contribution in [0.5, 0.6) is 0 Å². The maximum absolute atomic E-state index is 11.9. The fourth-order valence-corrected chi connectivity index (χ4v) is 2.70. The molecule has 0 fully saturated rings. The Kier molecular flexibility index (Phi) is 6.81. The van der Waals surface area contributed by atoms with Gasteiger partial charge in [-0.3, -0.25) is 4.79 Å². The van der Waals surface area contributed by atoms with Gasteiger partial charge in [0.25, 0.3) is 0 Å². The van der Waals surface area contributed by atoms with Crippen LogP contribution in [-0.2, 0) is 4.79 Å². The smallest absolute Gasteiger partial charge is 0.242 e. The van der Waals surface area contributed by atoms with E-state index in [0.29, 0.717) is 11.5 Å². The number of rotatable bonds is 7. The van der Waals surface area contributed by atoms with Crippen LogP contribution >= 0.6 is 24.0 Å². The second-order valence-corrected chi connectivity index (χ2v) is 5.69. The van der Waals surface area contributed by atoms with Crippen molar-refractivity contribution in [3.05, 3.63) is 23.8 Å². The zero-order valence-electron chi connectivity index (χ0n) is 12.0. The molecular weight excluding hydrogens is 290 g/mol. The molecule has 6 heteroatoms. The van der Waals surface area contributed by atoms with Crippen molar-refractivity contribution in [2.45, 2.75) is 31.2 Å². The zero-order chi connectivity index (χ0) is 15.1. The first-order valence-electron chi connectivity index (χ1n) is 6.52. The molecule has 1 unspecified atom stereocenters. The summed E-state index contributed by atoms with van der Waals surface area (Å²) in [7, 11) is 0. The Labute approximate surface area is 129 Å². The molecule has 20 heavy (non-hydrogen) atoms. The number of nitrogens with two attached hydrogens (primary N) is 1. The summed E-state index contributed by atoms with van der Waals surface area (Å²) in [5.41, 5.74) is 7.39. The van der Waals surface area contributed by atoms with Gasteiger partial charge in [-0.05, 0) is 31.7 Å². The number of thioether (sulfide) groups is 1. The Balaban J connectivity index is 2.92. The lowest BCUT2D eigenvalue weighted by Crippen LogP contribution is -2.38. The second-order valence-electron chi connectivity index (χ2n) is 4.40. The molecule has 1 atom stereocenters. The van der Waals surface area contributed by atoms with Crippen LogP contribution in [0.25, 0.3) is 0 Å². The average molecular weight is 311 g/mol. The van der Waals surface area contributed by atoms with E-state index in [9.17, 15) is 4.79 Å². The molecule has 0 saturated carbocycles. The van der Waals surface area contributed by atoms with Crippen LogP contribution in [0.1, 0.15) is 25.8 Å². The highest BCUT2D eigenvalue weighted by atomic mass is 32.2. The van der Waals surface area contributed by atoms with Gasteiger partial charge in [-0.25, -0.2) is 0 Å². The summed E-state index contributed by atoms with van der Waals surface area (Å²) in [6, 6.07) is 5.43. The van der Waals surface area contributed by atoms with Crippen molar-refractivity contribution in [2.75, 3.05) is 18.1 Å². The average Bonchev–Trinajstić information content (AvgIpc) is 2.43. The molecule has 0 bridgehead atoms. The van der Waals surface area contributed by atoms with Crippen LogP contribution in [0, 0.1) is 0 Å². The molecular formula is C14H21N3OS2. The van der Waals surface area contributed by atoms with Crippen molar-refractivity contribution in [1.82, 2.24) is 5.32 Å². The van der Waals surface area contributed by atoms with Crippen molar-refractivity contribution in [2.24, 2.45) is 5.73 Å². The number of thiocarbonyl (C=S) groups is 1. The Morgan fingerprint density at radius 3 is 2.75 bits per heavy atom. The summed E-state index contributed by atoms with van der Waals surface area (Å²) in [5, 5.41) is 6.04. The largest absolute Gasteiger partial charge is 0.389 e. The molecule has 4 nitrogen and oxygen atoms in total. The summed E-state index contributed by atoms with van der Waals surface area (Å²) in [6.07, 6.45) is 2.89. The highest BCUT2D eigenvalue weighted by Crippen LogP contribution is 2.27. The zero-order valence-corrected chi connectivity index (χ0v) is 13.7. The quantitative estimate of drug-likeness (QED) is 0.533. The maximum atomic E-state index is 11.9. The molecule has 1 amide bonds. The van der Waals surface area contributed by atoms with Crippen LogP contribution < -0.4 is 16.4 Å². The lowest BCUT2D eigenvalue weighted by Gasteiger charge is -2.19. The van der Waals surface area contributed by atoms with Crippen molar-refractivity contribution in [3.8, 4) is 0 Å². The molecule has 1 rings (SSSR count). The van der Waals surface area contributed by atoms with Gasteiger partial charge in [0.1, 0.15) is 11.0 Å². The third-order valence-corrected chi connectivity index (χ3v) is 3.79. The van der Waals surface area contributed by atoms with Crippen molar-refractivity contribution >= 4 is 40.6 Å². The molecule has 1 aromatic carbocycles. The Morgan fingerprint density at radius 2 is 2.20 bits per heavy atom. The summed E-state index contributed by atoms with van der Waals surface area (Å²) >= 11 is 6.69. The van der Waals surface area contributed by atoms with Gasteiger partial charge >= 0.3 is 0 Å². The minimum absolute atomic E-state index is 0.0321. The van der Waals surface area contributed by atoms with Crippen LogP contribution in [0.15, 0.2) is 23.1 Å². The van der Waals surface area contributed by atoms with Gasteiger partial charge < -0.3 is 16.4 Å². The minimum Gasteiger partial charge on any atom is -0.389 e. The van der Waals surface area contributed by atoms with Crippen LogP contribution in [-0.4, -0.2) is 29.7 Å². The highest BCUT2D eigenvalue weighted by Gasteiger charge is 2.16. The topological polar surface area (TPSA) is 67.2 Å². The summed E-state index contributed by atoms with van der Waals surface area (Å²) in [6.45, 7) is 4.52. The predicted octanol–water partition coefficient (Wildman–Crippen LogP) is 2.37. The number of nitrogens with one attached hydrogen (secondary N) is 2. The molecule has 0 aromatic heterocycles. The van der Waals surface area contributed by atoms with Crippen molar-refractivity contribution < 1.29 is 4.79 Å². The van der Waals surface area contributed by atoms with Crippen molar-refractivity contribution in [1.29, 1.82) is 0 Å². The number of benzene rings is 1. The number of anilines is 1. The van der Waals surface area contributed by atoms with Gasteiger partial charge in [0, 0.05) is 22.7 Å². The summed E-state index contributed by atoms with van der Waals surface area (Å²) in [5.74, 6) is -0.0321. The van der Waals surface area contributed by atoms with Crippen molar-refractivity contribution in [3.63, 3.8) is 0 Å². The first-order valence-corrected chi connectivity index (χ1v) is 8.15. The predicted molar refractivity (Wildman–Crippen MR) is 90.5 cm³/mol. The van der Waals surface area contributed by atoms with Gasteiger partial charge in [0.2, 0.25) is 5.91 Å². The SMILES string of the molecule is CCCNC(=O)C(C)Nc1cccc(SC)c1C(N)=S. The third-order valence-electron chi connectivity index (χ3n) is 2.81. The third kappa shape index (κ3) is 4.38. The van der Waals surface area contributed by atoms with E-state index < -0.39 is 0 Å². The van der Waals surface area contributed by atoms with Gasteiger partial charge in [-0.2, -0.15) is 0 Å². The second kappa shape index (κ2) is 8.11. The summed E-state index contributed by atoms with van der Waals surface area (Å²) < 4.78 is 0. The maximum Gasteiger partial charge on any atom is 0.242 e. The van der Waals surface area contributed by atoms with E-state index >= 15 is 0 Å². The molecule has 0 spiro atoms. The first-order chi connectivity index (χ1) is 9.51. The van der Waals surface area contributed by atoms with E-state index in [1.807, 2.05) is 38.3 Å². The van der Waals surface area contributed by atoms with Gasteiger partial charge in [0.05, 0.1) is 0 Å². The van der Waals surface area contributed by atoms with E-state index in [-0.39, 0.29) is 11.9 Å². The van der Waals surface area contributed by atoms with Gasteiger partial charge in [-0.1, -0.05) is 25.2 Å². The van der Waals surface area contributed by atoms with Crippen LogP contribution in [0.2, 0.25) is 0 Å². The lowest BCUT2D eigenvalue weighted by molar-refractivity contribution is -0.121. The Bertz CT molecular complexity index is 491. The number of amides is 1. The molecule has 0 heterocycles. The lowest BCUT2D eigenvalue weighted by atomic mass is 10.1. The van der Waals surface area contributed by atoms with Gasteiger partial charge in [-0.15, -0.1) is 11.8 Å². The fraction of sp³-hybridized carbons (Fsp3) is 0.429. The van der Waals surface area contributed by atoms with E-state index in [1.165, 1.54) is 0 Å². The van der Waals surface area contributed by atoms with Gasteiger partial charge in [0.15, 0.2) is 0 Å². The molecule has 1 aromatic rings. The Morgan fingerprint density at radius 1 is 1.50 bits per heavy atom. The number of hydrogen-bond donors (Lipinski definition) is 3. The number of carbonyl (C=O) groups excluding carboxylic acids is 1. The summed E-state index contributed by atoms with van der Waals surface area (Å²) in [4.78, 5) is 13.2. The molecule has 0 aliphatic carbocycles. The van der Waals surface area contributed by atoms with E-state index in [2.05, 4.69) is 10.6 Å². The monoisotopic (exact) mass is 311 g/mol. The van der Waals surface area contributed by atoms with Crippen LogP contribution in [0.4, 0.5) is 5.69 Å². The number of carbonyl (C=O) groups is 1. The first kappa shape index (κ1) is 16.8. The molecule has 0 radical (unpaired) electrons. The van der Waals surface area contributed by atoms with E-state index in [1.54, 1.807) is 11.8 Å². The fourth-order valence-electron chi connectivity index (χ4n) is 1.78. The Hall–Kier alpha value is -1.27. The normalized spacial score (nSPS) is 11.8. The van der Waals surface area contributed by atoms with Crippen LogP contribution in [0.3, 0.4) is 0 Å². The molecule has 110 valence electrons. The van der Waals surface area contributed by atoms with E-state index in [4.69, 9.17) is 18.0 Å². The highest BCUT2D eigenvalue weighted by molar-refractivity contribution is 7.98.